The van der Waals surface area contributed by atoms with Gasteiger partial charge in [0.25, 0.3) is 0 Å². The molecule has 116 valence electrons. The van der Waals surface area contributed by atoms with Crippen molar-refractivity contribution in [3.8, 4) is 5.75 Å². The van der Waals surface area contributed by atoms with Gasteiger partial charge in [-0.3, -0.25) is 4.79 Å². The first-order valence-electron chi connectivity index (χ1n) is 7.53. The summed E-state index contributed by atoms with van der Waals surface area (Å²) in [5.74, 6) is 1.48. The third kappa shape index (κ3) is 3.38. The summed E-state index contributed by atoms with van der Waals surface area (Å²) in [5.41, 5.74) is 3.74. The summed E-state index contributed by atoms with van der Waals surface area (Å²) < 4.78 is 5.59. The molecule has 2 atom stereocenters. The Morgan fingerprint density at radius 1 is 1.33 bits per heavy atom. The predicted octanol–water partition coefficient (Wildman–Crippen LogP) is 2.24. The Balaban J connectivity index is 2.28. The molecule has 2 unspecified atom stereocenters. The number of nitrogens with one attached hydrogen (secondary N) is 1. The van der Waals surface area contributed by atoms with Crippen molar-refractivity contribution in [2.45, 2.75) is 38.6 Å². The Morgan fingerprint density at radius 2 is 2.05 bits per heavy atom. The van der Waals surface area contributed by atoms with Crippen LogP contribution >= 0.6 is 0 Å². The Kier molecular flexibility index (Phi) is 4.88. The van der Waals surface area contributed by atoms with Crippen molar-refractivity contribution >= 4 is 5.91 Å². The van der Waals surface area contributed by atoms with Crippen molar-refractivity contribution in [1.29, 1.82) is 0 Å². The lowest BCUT2D eigenvalue weighted by atomic mass is 9.83. The average Bonchev–Trinajstić information content (AvgIpc) is 2.45. The molecule has 0 saturated carbocycles. The summed E-state index contributed by atoms with van der Waals surface area (Å²) in [6.07, 6.45) is 1.87. The van der Waals surface area contributed by atoms with E-state index in [-0.39, 0.29) is 11.9 Å². The van der Waals surface area contributed by atoms with Gasteiger partial charge in [-0.2, -0.15) is 0 Å². The number of carbonyl (C=O) groups is 1. The van der Waals surface area contributed by atoms with E-state index in [0.29, 0.717) is 5.92 Å². The molecule has 4 heteroatoms. The lowest BCUT2D eigenvalue weighted by Crippen LogP contribution is -2.47. The number of piperidine rings is 1. The monoisotopic (exact) mass is 290 g/mol. The molecule has 1 N–H and O–H groups in total. The number of hydrogen-bond donors (Lipinski definition) is 1. The maximum Gasteiger partial charge on any atom is 0.239 e. The number of likely N-dealkylation sites (N-methyl/N-ethyl adjacent to an activating group) is 1. The second kappa shape index (κ2) is 6.48. The highest BCUT2D eigenvalue weighted by molar-refractivity contribution is 5.81. The van der Waals surface area contributed by atoms with Crippen LogP contribution in [0.5, 0.6) is 5.75 Å². The van der Waals surface area contributed by atoms with Crippen LogP contribution in [0.15, 0.2) is 12.1 Å². The third-order valence-corrected chi connectivity index (χ3v) is 4.26. The summed E-state index contributed by atoms with van der Waals surface area (Å²) in [6.45, 7) is 5.08. The zero-order chi connectivity index (χ0) is 15.6. The zero-order valence-corrected chi connectivity index (χ0v) is 13.7. The fourth-order valence-electron chi connectivity index (χ4n) is 3.31. The maximum absolute atomic E-state index is 12.2. The molecule has 1 saturated heterocycles. The van der Waals surface area contributed by atoms with Gasteiger partial charge in [0.2, 0.25) is 5.91 Å². The van der Waals surface area contributed by atoms with E-state index < -0.39 is 0 Å². The molecule has 1 aromatic rings. The molecule has 1 aromatic carbocycles. The average molecular weight is 290 g/mol. The number of ether oxygens (including phenoxy) is 1. The molecule has 0 aliphatic carbocycles. The first kappa shape index (κ1) is 15.8. The lowest BCUT2D eigenvalue weighted by Gasteiger charge is -2.32. The molecule has 1 amide bonds. The van der Waals surface area contributed by atoms with Crippen molar-refractivity contribution in [3.05, 3.63) is 28.8 Å². The van der Waals surface area contributed by atoms with Crippen LogP contribution in [0.3, 0.4) is 0 Å². The van der Waals surface area contributed by atoms with Crippen LogP contribution < -0.4 is 10.1 Å². The Morgan fingerprint density at radius 3 is 2.67 bits per heavy atom. The van der Waals surface area contributed by atoms with Crippen molar-refractivity contribution in [2.24, 2.45) is 0 Å². The smallest absolute Gasteiger partial charge is 0.239 e. The second-order valence-electron chi connectivity index (χ2n) is 6.16. The minimum atomic E-state index is -0.0934. The van der Waals surface area contributed by atoms with Gasteiger partial charge in [-0.05, 0) is 56.3 Å². The predicted molar refractivity (Wildman–Crippen MR) is 84.9 cm³/mol. The van der Waals surface area contributed by atoms with Crippen LogP contribution in [0.2, 0.25) is 0 Å². The molecule has 4 nitrogen and oxygen atoms in total. The molecule has 1 aliphatic rings. The number of aryl methyl sites for hydroxylation is 2. The van der Waals surface area contributed by atoms with E-state index >= 15 is 0 Å². The number of benzene rings is 1. The summed E-state index contributed by atoms with van der Waals surface area (Å²) in [5, 5.41) is 3.34. The van der Waals surface area contributed by atoms with Gasteiger partial charge in [0, 0.05) is 19.7 Å². The van der Waals surface area contributed by atoms with Gasteiger partial charge in [0.05, 0.1) is 13.2 Å². The van der Waals surface area contributed by atoms with Gasteiger partial charge in [0.15, 0.2) is 0 Å². The minimum absolute atomic E-state index is 0.0934. The molecule has 2 rings (SSSR count). The molecule has 0 spiro atoms. The largest absolute Gasteiger partial charge is 0.496 e. The summed E-state index contributed by atoms with van der Waals surface area (Å²) in [4.78, 5) is 13.9. The Labute approximate surface area is 127 Å². The first-order chi connectivity index (χ1) is 9.93. The van der Waals surface area contributed by atoms with Crippen LogP contribution in [-0.4, -0.2) is 44.6 Å². The van der Waals surface area contributed by atoms with Gasteiger partial charge in [-0.15, -0.1) is 0 Å². The van der Waals surface area contributed by atoms with Gasteiger partial charge in [0.1, 0.15) is 5.75 Å². The number of hydrogen-bond acceptors (Lipinski definition) is 3. The van der Waals surface area contributed by atoms with Crippen LogP contribution in [0.4, 0.5) is 0 Å². The zero-order valence-electron chi connectivity index (χ0n) is 13.7. The van der Waals surface area contributed by atoms with E-state index in [1.807, 2.05) is 14.1 Å². The molecule has 0 bridgehead atoms. The van der Waals surface area contributed by atoms with Crippen molar-refractivity contribution in [2.75, 3.05) is 27.7 Å². The topological polar surface area (TPSA) is 41.6 Å². The van der Waals surface area contributed by atoms with E-state index in [2.05, 4.69) is 31.3 Å². The number of amides is 1. The molecule has 21 heavy (non-hydrogen) atoms. The fraction of sp³-hybridized carbons (Fsp3) is 0.588. The molecule has 1 heterocycles. The van der Waals surface area contributed by atoms with Crippen LogP contribution in [-0.2, 0) is 4.79 Å². The van der Waals surface area contributed by atoms with Crippen LogP contribution in [0.25, 0.3) is 0 Å². The molecule has 0 aromatic heterocycles. The van der Waals surface area contributed by atoms with Gasteiger partial charge in [-0.1, -0.05) is 6.07 Å². The van der Waals surface area contributed by atoms with E-state index in [0.717, 1.165) is 25.1 Å². The van der Waals surface area contributed by atoms with Crippen LogP contribution in [0.1, 0.15) is 35.4 Å². The molecular weight excluding hydrogens is 264 g/mol. The van der Waals surface area contributed by atoms with Crippen LogP contribution in [0, 0.1) is 13.8 Å². The molecule has 0 radical (unpaired) electrons. The summed E-state index contributed by atoms with van der Waals surface area (Å²) >= 11 is 0. The molecule has 1 fully saturated rings. The highest BCUT2D eigenvalue weighted by atomic mass is 16.5. The van der Waals surface area contributed by atoms with E-state index in [4.69, 9.17) is 4.74 Å². The van der Waals surface area contributed by atoms with E-state index in [9.17, 15) is 4.79 Å². The number of carbonyl (C=O) groups excluding carboxylic acids is 1. The standard InChI is InChI=1S/C17H26N2O2/c1-11-8-12(2)16(15(9-11)21-5)13-6-7-18-14(10-13)17(20)19(3)4/h8-9,13-14,18H,6-7,10H2,1-5H3. The van der Waals surface area contributed by atoms with Gasteiger partial charge in [-0.25, -0.2) is 0 Å². The normalized spacial score (nSPS) is 22.0. The molecule has 1 aliphatic heterocycles. The number of methoxy groups -OCH3 is 1. The Hall–Kier alpha value is -1.55. The highest BCUT2D eigenvalue weighted by Crippen LogP contribution is 2.37. The highest BCUT2D eigenvalue weighted by Gasteiger charge is 2.30. The lowest BCUT2D eigenvalue weighted by molar-refractivity contribution is -0.131. The quantitative estimate of drug-likeness (QED) is 0.928. The van der Waals surface area contributed by atoms with Gasteiger partial charge < -0.3 is 15.0 Å². The van der Waals surface area contributed by atoms with E-state index in [1.165, 1.54) is 16.7 Å². The summed E-state index contributed by atoms with van der Waals surface area (Å²) in [6, 6.07) is 4.19. The number of rotatable bonds is 3. The van der Waals surface area contributed by atoms with Crippen molar-refractivity contribution in [3.63, 3.8) is 0 Å². The fourth-order valence-corrected chi connectivity index (χ4v) is 3.31. The molecular formula is C17H26N2O2. The van der Waals surface area contributed by atoms with Crippen molar-refractivity contribution < 1.29 is 9.53 Å². The SMILES string of the molecule is COc1cc(C)cc(C)c1C1CCNC(C(=O)N(C)C)C1. The second-order valence-corrected chi connectivity index (χ2v) is 6.16. The summed E-state index contributed by atoms with van der Waals surface area (Å²) in [7, 11) is 5.35. The minimum Gasteiger partial charge on any atom is -0.496 e. The number of nitrogens with zero attached hydrogens (tertiary/aromatic N) is 1. The van der Waals surface area contributed by atoms with Crippen molar-refractivity contribution in [1.82, 2.24) is 10.2 Å². The van der Waals surface area contributed by atoms with E-state index in [1.54, 1.807) is 12.0 Å². The Bertz CT molecular complexity index is 526. The maximum atomic E-state index is 12.2. The first-order valence-corrected chi connectivity index (χ1v) is 7.53. The van der Waals surface area contributed by atoms with Gasteiger partial charge >= 0.3 is 0 Å². The third-order valence-electron chi connectivity index (χ3n) is 4.26.